The molecule has 2 aromatic rings. The molecule has 3 N–H and O–H groups in total. The lowest BCUT2D eigenvalue weighted by Gasteiger charge is -2.30. The zero-order chi connectivity index (χ0) is 19.2. The summed E-state index contributed by atoms with van der Waals surface area (Å²) in [5.74, 6) is 1.01. The number of furan rings is 1. The van der Waals surface area contributed by atoms with Crippen molar-refractivity contribution in [1.82, 2.24) is 10.2 Å². The molecular formula is C20H25N3O4. The Hall–Kier alpha value is -2.80. The van der Waals surface area contributed by atoms with E-state index in [1.54, 1.807) is 19.2 Å². The van der Waals surface area contributed by atoms with E-state index < -0.39 is 0 Å². The molecule has 7 heteroatoms. The Bertz CT molecular complexity index is 802. The van der Waals surface area contributed by atoms with Gasteiger partial charge in [0.25, 0.3) is 5.91 Å². The minimum Gasteiger partial charge on any atom is -0.497 e. The van der Waals surface area contributed by atoms with Crippen LogP contribution in [-0.4, -0.2) is 50.0 Å². The maximum absolute atomic E-state index is 12.3. The molecule has 27 heavy (non-hydrogen) atoms. The van der Waals surface area contributed by atoms with E-state index in [0.29, 0.717) is 25.4 Å². The molecule has 1 aliphatic heterocycles. The summed E-state index contributed by atoms with van der Waals surface area (Å²) in [6.07, 6.45) is 1.79. The van der Waals surface area contributed by atoms with E-state index in [4.69, 9.17) is 14.9 Å². The average molecular weight is 371 g/mol. The zero-order valence-corrected chi connectivity index (χ0v) is 15.4. The number of piperidine rings is 1. The molecule has 0 spiro atoms. The molecule has 144 valence electrons. The average Bonchev–Trinajstić information content (AvgIpc) is 3.18. The Morgan fingerprint density at radius 1 is 1.33 bits per heavy atom. The SMILES string of the molecule is COc1cccc(-c2ccc(C(=O)NCCN3CCCC(C(N)=O)C3)o2)c1. The Morgan fingerprint density at radius 3 is 2.96 bits per heavy atom. The van der Waals surface area contributed by atoms with Gasteiger partial charge in [0.05, 0.1) is 13.0 Å². The molecule has 0 saturated carbocycles. The van der Waals surface area contributed by atoms with Gasteiger partial charge in [-0.15, -0.1) is 0 Å². The third-order valence-corrected chi connectivity index (χ3v) is 4.81. The number of ether oxygens (including phenoxy) is 1. The maximum atomic E-state index is 12.3. The maximum Gasteiger partial charge on any atom is 0.287 e. The molecule has 7 nitrogen and oxygen atoms in total. The fraction of sp³-hybridized carbons (Fsp3) is 0.400. The summed E-state index contributed by atoms with van der Waals surface area (Å²) in [5.41, 5.74) is 6.24. The van der Waals surface area contributed by atoms with Crippen LogP contribution in [0, 0.1) is 5.92 Å². The van der Waals surface area contributed by atoms with Gasteiger partial charge in [0.15, 0.2) is 5.76 Å². The highest BCUT2D eigenvalue weighted by atomic mass is 16.5. The summed E-state index contributed by atoms with van der Waals surface area (Å²) in [6.45, 7) is 2.74. The van der Waals surface area contributed by atoms with Crippen molar-refractivity contribution < 1.29 is 18.7 Å². The van der Waals surface area contributed by atoms with Gasteiger partial charge in [-0.25, -0.2) is 0 Å². The fourth-order valence-corrected chi connectivity index (χ4v) is 3.30. The molecule has 1 saturated heterocycles. The van der Waals surface area contributed by atoms with Crippen molar-refractivity contribution in [3.05, 3.63) is 42.2 Å². The van der Waals surface area contributed by atoms with Gasteiger partial charge in [-0.3, -0.25) is 9.59 Å². The van der Waals surface area contributed by atoms with E-state index in [1.165, 1.54) is 0 Å². The van der Waals surface area contributed by atoms with E-state index in [1.807, 2.05) is 24.3 Å². The van der Waals surface area contributed by atoms with Crippen molar-refractivity contribution >= 4 is 11.8 Å². The van der Waals surface area contributed by atoms with Crippen LogP contribution in [0.4, 0.5) is 0 Å². The molecule has 1 aromatic carbocycles. The van der Waals surface area contributed by atoms with E-state index in [2.05, 4.69) is 10.2 Å². The summed E-state index contributed by atoms with van der Waals surface area (Å²) in [6, 6.07) is 10.9. The molecule has 1 atom stereocenters. The van der Waals surface area contributed by atoms with Crippen LogP contribution in [0.1, 0.15) is 23.4 Å². The lowest BCUT2D eigenvalue weighted by molar-refractivity contribution is -0.123. The Kier molecular flexibility index (Phi) is 6.13. The van der Waals surface area contributed by atoms with Crippen molar-refractivity contribution in [2.24, 2.45) is 11.7 Å². The van der Waals surface area contributed by atoms with Crippen molar-refractivity contribution in [2.45, 2.75) is 12.8 Å². The standard InChI is InChI=1S/C20H25N3O4/c1-26-16-6-2-4-14(12-16)17-7-8-18(27-17)20(25)22-9-11-23-10-3-5-15(13-23)19(21)24/h2,4,6-8,12,15H,3,5,9-11,13H2,1H3,(H2,21,24)(H,22,25). The zero-order valence-electron chi connectivity index (χ0n) is 15.4. The van der Waals surface area contributed by atoms with Gasteiger partial charge in [-0.1, -0.05) is 12.1 Å². The normalized spacial score (nSPS) is 17.4. The minimum atomic E-state index is -0.257. The van der Waals surface area contributed by atoms with Crippen LogP contribution >= 0.6 is 0 Å². The largest absolute Gasteiger partial charge is 0.497 e. The van der Waals surface area contributed by atoms with Crippen LogP contribution in [0.3, 0.4) is 0 Å². The number of carbonyl (C=O) groups is 2. The second-order valence-corrected chi connectivity index (χ2v) is 6.69. The number of primary amides is 1. The molecule has 0 radical (unpaired) electrons. The molecule has 1 aromatic heterocycles. The number of nitrogens with one attached hydrogen (secondary N) is 1. The molecular weight excluding hydrogens is 346 g/mol. The highest BCUT2D eigenvalue weighted by Gasteiger charge is 2.23. The smallest absolute Gasteiger partial charge is 0.287 e. The molecule has 0 aliphatic carbocycles. The van der Waals surface area contributed by atoms with Crippen LogP contribution in [0.25, 0.3) is 11.3 Å². The predicted molar refractivity (Wildman–Crippen MR) is 101 cm³/mol. The second-order valence-electron chi connectivity index (χ2n) is 6.69. The van der Waals surface area contributed by atoms with Crippen LogP contribution < -0.4 is 15.8 Å². The molecule has 0 bridgehead atoms. The van der Waals surface area contributed by atoms with Gasteiger partial charge in [0.2, 0.25) is 5.91 Å². The first-order chi connectivity index (χ1) is 13.1. The first-order valence-corrected chi connectivity index (χ1v) is 9.11. The predicted octanol–water partition coefficient (Wildman–Crippen LogP) is 1.88. The van der Waals surface area contributed by atoms with Gasteiger partial charge in [-0.2, -0.15) is 0 Å². The molecule has 1 aliphatic rings. The lowest BCUT2D eigenvalue weighted by atomic mass is 9.97. The van der Waals surface area contributed by atoms with Gasteiger partial charge in [0, 0.05) is 25.2 Å². The van der Waals surface area contributed by atoms with Crippen LogP contribution in [-0.2, 0) is 4.79 Å². The van der Waals surface area contributed by atoms with Gasteiger partial charge in [0.1, 0.15) is 11.5 Å². The van der Waals surface area contributed by atoms with Gasteiger partial charge < -0.3 is 25.1 Å². The first kappa shape index (κ1) is 19.0. The Labute approximate surface area is 158 Å². The number of hydrogen-bond acceptors (Lipinski definition) is 5. The third kappa shape index (κ3) is 4.89. The third-order valence-electron chi connectivity index (χ3n) is 4.81. The van der Waals surface area contributed by atoms with Gasteiger partial charge in [-0.05, 0) is 43.7 Å². The van der Waals surface area contributed by atoms with Crippen LogP contribution in [0.5, 0.6) is 5.75 Å². The van der Waals surface area contributed by atoms with Crippen molar-refractivity contribution in [3.63, 3.8) is 0 Å². The fourth-order valence-electron chi connectivity index (χ4n) is 3.30. The van der Waals surface area contributed by atoms with E-state index in [-0.39, 0.29) is 23.5 Å². The number of likely N-dealkylation sites (tertiary alicyclic amines) is 1. The summed E-state index contributed by atoms with van der Waals surface area (Å²) in [5, 5.41) is 2.86. The van der Waals surface area contributed by atoms with Gasteiger partial charge >= 0.3 is 0 Å². The van der Waals surface area contributed by atoms with Crippen molar-refractivity contribution in [2.75, 3.05) is 33.3 Å². The number of amides is 2. The number of rotatable bonds is 7. The molecule has 2 amide bonds. The molecule has 3 rings (SSSR count). The van der Waals surface area contributed by atoms with E-state index in [9.17, 15) is 9.59 Å². The molecule has 1 fully saturated rings. The molecule has 2 heterocycles. The highest BCUT2D eigenvalue weighted by Crippen LogP contribution is 2.25. The van der Waals surface area contributed by atoms with E-state index >= 15 is 0 Å². The van der Waals surface area contributed by atoms with Crippen LogP contribution in [0.15, 0.2) is 40.8 Å². The van der Waals surface area contributed by atoms with Crippen molar-refractivity contribution in [3.8, 4) is 17.1 Å². The number of carbonyl (C=O) groups excluding carboxylic acids is 2. The number of hydrogen-bond donors (Lipinski definition) is 2. The quantitative estimate of drug-likeness (QED) is 0.774. The van der Waals surface area contributed by atoms with Crippen molar-refractivity contribution in [1.29, 1.82) is 0 Å². The number of benzene rings is 1. The van der Waals surface area contributed by atoms with Crippen LogP contribution in [0.2, 0.25) is 0 Å². The highest BCUT2D eigenvalue weighted by molar-refractivity contribution is 5.92. The second kappa shape index (κ2) is 8.73. The topological polar surface area (TPSA) is 97.8 Å². The first-order valence-electron chi connectivity index (χ1n) is 9.11. The summed E-state index contributed by atoms with van der Waals surface area (Å²) in [7, 11) is 1.61. The summed E-state index contributed by atoms with van der Waals surface area (Å²) < 4.78 is 10.9. The number of nitrogens with zero attached hydrogens (tertiary/aromatic N) is 1. The Morgan fingerprint density at radius 2 is 2.19 bits per heavy atom. The summed E-state index contributed by atoms with van der Waals surface area (Å²) in [4.78, 5) is 25.8. The monoisotopic (exact) mass is 371 g/mol. The minimum absolute atomic E-state index is 0.0926. The lowest BCUT2D eigenvalue weighted by Crippen LogP contribution is -2.44. The summed E-state index contributed by atoms with van der Waals surface area (Å²) >= 11 is 0. The molecule has 1 unspecified atom stereocenters. The number of nitrogens with two attached hydrogens (primary N) is 1. The number of methoxy groups -OCH3 is 1. The van der Waals surface area contributed by atoms with E-state index in [0.717, 1.165) is 30.7 Å². The Balaban J connectivity index is 1.51.